The van der Waals surface area contributed by atoms with Crippen LogP contribution in [0.25, 0.3) is 10.1 Å². The van der Waals surface area contributed by atoms with Crippen LogP contribution in [0.15, 0.2) is 52.8 Å². The molecule has 1 aromatic carbocycles. The van der Waals surface area contributed by atoms with E-state index in [0.717, 1.165) is 5.92 Å². The average molecular weight is 337 g/mol. The molecule has 24 heavy (non-hydrogen) atoms. The maximum absolute atomic E-state index is 11.2. The fourth-order valence-electron chi connectivity index (χ4n) is 4.28. The van der Waals surface area contributed by atoms with Crippen molar-refractivity contribution in [2.24, 2.45) is 5.92 Å². The Morgan fingerprint density at radius 1 is 1.21 bits per heavy atom. The third-order valence-electron chi connectivity index (χ3n) is 5.55. The summed E-state index contributed by atoms with van der Waals surface area (Å²) in [6, 6.07) is 12.4. The van der Waals surface area contributed by atoms with Crippen LogP contribution in [0.5, 0.6) is 0 Å². The Kier molecular flexibility index (Phi) is 4.28. The van der Waals surface area contributed by atoms with Gasteiger partial charge in [-0.2, -0.15) is 0 Å². The monoisotopic (exact) mass is 337 g/mol. The highest BCUT2D eigenvalue weighted by molar-refractivity contribution is 7.17. The molecule has 0 saturated heterocycles. The zero-order valence-electron chi connectivity index (χ0n) is 14.0. The predicted octanol–water partition coefficient (Wildman–Crippen LogP) is 5.67. The van der Waals surface area contributed by atoms with Gasteiger partial charge in [0.25, 0.3) is 0 Å². The molecule has 1 N–H and O–H groups in total. The molecule has 3 atom stereocenters. The number of aromatic nitrogens is 1. The standard InChI is InChI=1S/C21H23NOS/c1-14(19-13-24-20-5-3-2-4-18(19)20)10-15-6-7-16(11-15)17-8-9-21(23)22-12-17/h2-5,8-9,12-16H,6-7,10-11H2,1H3,(H,22,23)/t14-,15?,16-/m0/s1. The number of fused-ring (bicyclic) bond motifs is 1. The largest absolute Gasteiger partial charge is 0.329 e. The summed E-state index contributed by atoms with van der Waals surface area (Å²) in [6.07, 6.45) is 6.97. The predicted molar refractivity (Wildman–Crippen MR) is 102 cm³/mol. The van der Waals surface area contributed by atoms with Crippen LogP contribution in [0.3, 0.4) is 0 Å². The number of hydrogen-bond acceptors (Lipinski definition) is 2. The number of benzene rings is 1. The Hall–Kier alpha value is -1.87. The van der Waals surface area contributed by atoms with Crippen LogP contribution in [0.4, 0.5) is 0 Å². The van der Waals surface area contributed by atoms with Crippen molar-refractivity contribution in [3.63, 3.8) is 0 Å². The number of rotatable bonds is 4. The average Bonchev–Trinajstić information content (AvgIpc) is 3.22. The highest BCUT2D eigenvalue weighted by Crippen LogP contribution is 2.43. The number of pyridine rings is 1. The Morgan fingerprint density at radius 2 is 2.08 bits per heavy atom. The molecular formula is C21H23NOS. The second kappa shape index (κ2) is 6.56. The fraction of sp³-hybridized carbons (Fsp3) is 0.381. The summed E-state index contributed by atoms with van der Waals surface area (Å²) >= 11 is 1.87. The first-order valence-electron chi connectivity index (χ1n) is 8.85. The van der Waals surface area contributed by atoms with Crippen molar-refractivity contribution in [3.05, 3.63) is 69.5 Å². The lowest BCUT2D eigenvalue weighted by atomic mass is 9.88. The SMILES string of the molecule is C[C@@H](CC1CC[C@H](c2ccc(=O)[nH]c2)C1)c1csc2ccccc12. The van der Waals surface area contributed by atoms with E-state index in [-0.39, 0.29) is 5.56 Å². The Morgan fingerprint density at radius 3 is 2.92 bits per heavy atom. The van der Waals surface area contributed by atoms with E-state index in [0.29, 0.717) is 11.8 Å². The Bertz CT molecular complexity index is 873. The molecule has 2 heterocycles. The van der Waals surface area contributed by atoms with E-state index in [1.807, 2.05) is 23.6 Å². The Labute approximate surface area is 146 Å². The Balaban J connectivity index is 1.44. The van der Waals surface area contributed by atoms with Gasteiger partial charge in [0, 0.05) is 17.0 Å². The summed E-state index contributed by atoms with van der Waals surface area (Å²) in [4.78, 5) is 14.1. The van der Waals surface area contributed by atoms with Crippen LogP contribution in [0.1, 0.15) is 55.6 Å². The van der Waals surface area contributed by atoms with Gasteiger partial charge in [-0.05, 0) is 71.4 Å². The van der Waals surface area contributed by atoms with Gasteiger partial charge in [0.1, 0.15) is 0 Å². The van der Waals surface area contributed by atoms with Crippen LogP contribution in [0, 0.1) is 5.92 Å². The van der Waals surface area contributed by atoms with Crippen molar-refractivity contribution >= 4 is 21.4 Å². The van der Waals surface area contributed by atoms with E-state index >= 15 is 0 Å². The highest BCUT2D eigenvalue weighted by atomic mass is 32.1. The van der Waals surface area contributed by atoms with Crippen LogP contribution < -0.4 is 5.56 Å². The lowest BCUT2D eigenvalue weighted by molar-refractivity contribution is 0.456. The van der Waals surface area contributed by atoms with E-state index in [1.54, 1.807) is 6.07 Å². The molecule has 2 aromatic heterocycles. The van der Waals surface area contributed by atoms with Gasteiger partial charge in [-0.1, -0.05) is 31.2 Å². The third-order valence-corrected chi connectivity index (χ3v) is 6.53. The molecule has 1 unspecified atom stereocenters. The second-order valence-electron chi connectivity index (χ2n) is 7.19. The van der Waals surface area contributed by atoms with Gasteiger partial charge in [0.2, 0.25) is 5.56 Å². The molecule has 2 nitrogen and oxygen atoms in total. The zero-order valence-corrected chi connectivity index (χ0v) is 14.8. The molecule has 0 radical (unpaired) electrons. The molecule has 3 aromatic rings. The number of thiophene rings is 1. The number of hydrogen-bond donors (Lipinski definition) is 1. The lowest BCUT2D eigenvalue weighted by Crippen LogP contribution is -2.05. The summed E-state index contributed by atoms with van der Waals surface area (Å²) in [7, 11) is 0. The first-order valence-corrected chi connectivity index (χ1v) is 9.73. The minimum Gasteiger partial charge on any atom is -0.329 e. The summed E-state index contributed by atoms with van der Waals surface area (Å²) in [6.45, 7) is 2.38. The quantitative estimate of drug-likeness (QED) is 0.654. The topological polar surface area (TPSA) is 32.9 Å². The van der Waals surface area contributed by atoms with Gasteiger partial charge in [-0.15, -0.1) is 11.3 Å². The van der Waals surface area contributed by atoms with Crippen molar-refractivity contribution in [2.45, 2.75) is 44.4 Å². The first kappa shape index (κ1) is 15.6. The van der Waals surface area contributed by atoms with Crippen molar-refractivity contribution < 1.29 is 0 Å². The maximum atomic E-state index is 11.2. The van der Waals surface area contributed by atoms with Crippen molar-refractivity contribution in [1.29, 1.82) is 0 Å². The van der Waals surface area contributed by atoms with E-state index in [9.17, 15) is 4.79 Å². The first-order chi connectivity index (χ1) is 11.7. The van der Waals surface area contributed by atoms with Crippen LogP contribution in [-0.2, 0) is 0 Å². The van der Waals surface area contributed by atoms with Gasteiger partial charge in [0.15, 0.2) is 0 Å². The number of nitrogens with one attached hydrogen (secondary N) is 1. The van der Waals surface area contributed by atoms with Crippen LogP contribution >= 0.6 is 11.3 Å². The van der Waals surface area contributed by atoms with Crippen molar-refractivity contribution in [1.82, 2.24) is 4.98 Å². The molecule has 0 amide bonds. The van der Waals surface area contributed by atoms with E-state index in [1.165, 1.54) is 46.9 Å². The molecule has 0 bridgehead atoms. The van der Waals surface area contributed by atoms with E-state index in [4.69, 9.17) is 0 Å². The fourth-order valence-corrected chi connectivity index (χ4v) is 5.36. The molecular weight excluding hydrogens is 314 g/mol. The summed E-state index contributed by atoms with van der Waals surface area (Å²) in [5, 5.41) is 3.79. The number of H-pyrrole nitrogens is 1. The molecule has 3 heteroatoms. The van der Waals surface area contributed by atoms with Crippen LogP contribution in [0.2, 0.25) is 0 Å². The maximum Gasteiger partial charge on any atom is 0.247 e. The molecule has 0 aliphatic heterocycles. The molecule has 4 rings (SSSR count). The third kappa shape index (κ3) is 3.05. The van der Waals surface area contributed by atoms with Gasteiger partial charge in [0.05, 0.1) is 0 Å². The lowest BCUT2D eigenvalue weighted by Gasteiger charge is -2.17. The van der Waals surface area contributed by atoms with Crippen molar-refractivity contribution in [2.75, 3.05) is 0 Å². The molecule has 1 fully saturated rings. The molecule has 1 saturated carbocycles. The minimum atomic E-state index is -0.00810. The second-order valence-corrected chi connectivity index (χ2v) is 8.10. The van der Waals surface area contributed by atoms with Gasteiger partial charge in [-0.25, -0.2) is 0 Å². The van der Waals surface area contributed by atoms with E-state index < -0.39 is 0 Å². The molecule has 1 aliphatic rings. The smallest absolute Gasteiger partial charge is 0.247 e. The zero-order chi connectivity index (χ0) is 16.5. The van der Waals surface area contributed by atoms with Gasteiger partial charge >= 0.3 is 0 Å². The van der Waals surface area contributed by atoms with Crippen molar-refractivity contribution in [3.8, 4) is 0 Å². The summed E-state index contributed by atoms with van der Waals surface area (Å²) < 4.78 is 1.40. The van der Waals surface area contributed by atoms with Crippen LogP contribution in [-0.4, -0.2) is 4.98 Å². The van der Waals surface area contributed by atoms with Gasteiger partial charge in [-0.3, -0.25) is 4.79 Å². The molecule has 0 spiro atoms. The molecule has 1 aliphatic carbocycles. The minimum absolute atomic E-state index is 0.00810. The number of aromatic amines is 1. The van der Waals surface area contributed by atoms with Gasteiger partial charge < -0.3 is 4.98 Å². The summed E-state index contributed by atoms with van der Waals surface area (Å²) in [5.41, 5.74) is 2.81. The van der Waals surface area contributed by atoms with E-state index in [2.05, 4.69) is 41.6 Å². The summed E-state index contributed by atoms with van der Waals surface area (Å²) in [5.74, 6) is 2.01. The normalized spacial score (nSPS) is 22.0. The molecule has 124 valence electrons. The highest BCUT2D eigenvalue weighted by Gasteiger charge is 2.27.